The van der Waals surface area contributed by atoms with Gasteiger partial charge in [0.2, 0.25) is 0 Å². The fourth-order valence-corrected chi connectivity index (χ4v) is 3.64. The molecule has 1 fully saturated rings. The summed E-state index contributed by atoms with van der Waals surface area (Å²) in [5, 5.41) is 0. The molecule has 0 N–H and O–H groups in total. The molecule has 0 bridgehead atoms. The molecule has 0 saturated carbocycles. The molecule has 0 aromatic heterocycles. The largest absolute Gasteiger partial charge is 0.493 e. The molecule has 2 heterocycles. The number of likely N-dealkylation sites (tertiary alicyclic amines) is 1. The first-order valence-electron chi connectivity index (χ1n) is 10.1. The molecule has 1 aromatic carbocycles. The van der Waals surface area contributed by atoms with Crippen LogP contribution in [0.5, 0.6) is 5.75 Å². The number of amides is 2. The van der Waals surface area contributed by atoms with E-state index in [1.54, 1.807) is 0 Å². The van der Waals surface area contributed by atoms with Crippen molar-refractivity contribution >= 4 is 17.4 Å². The van der Waals surface area contributed by atoms with Gasteiger partial charge in [-0.1, -0.05) is 32.9 Å². The molecule has 5 heteroatoms. The number of hydrogen-bond acceptors (Lipinski definition) is 4. The molecule has 0 radical (unpaired) electrons. The highest BCUT2D eigenvalue weighted by Crippen LogP contribution is 2.33. The molecule has 0 aliphatic carbocycles. The molecule has 0 unspecified atom stereocenters. The van der Waals surface area contributed by atoms with Crippen molar-refractivity contribution in [3.05, 3.63) is 35.5 Å². The average molecular weight is 370 g/mol. The average Bonchev–Trinajstić information content (AvgIpc) is 2.92. The number of carbonyl (C=O) groups is 2. The summed E-state index contributed by atoms with van der Waals surface area (Å²) in [4.78, 5) is 29.6. The van der Waals surface area contributed by atoms with Gasteiger partial charge in [-0.15, -0.1) is 0 Å². The summed E-state index contributed by atoms with van der Waals surface area (Å²) >= 11 is 0. The van der Waals surface area contributed by atoms with Crippen LogP contribution in [0, 0.1) is 5.92 Å². The van der Waals surface area contributed by atoms with Crippen LogP contribution in [0.3, 0.4) is 0 Å². The second-order valence-corrected chi connectivity index (χ2v) is 7.76. The van der Waals surface area contributed by atoms with E-state index < -0.39 is 0 Å². The Labute approximate surface area is 162 Å². The van der Waals surface area contributed by atoms with E-state index in [9.17, 15) is 9.59 Å². The van der Waals surface area contributed by atoms with Crippen molar-refractivity contribution in [3.63, 3.8) is 0 Å². The van der Waals surface area contributed by atoms with E-state index in [-0.39, 0.29) is 11.8 Å². The van der Waals surface area contributed by atoms with Crippen LogP contribution in [0.1, 0.15) is 52.0 Å². The summed E-state index contributed by atoms with van der Waals surface area (Å²) in [6.07, 6.45) is 4.07. The monoisotopic (exact) mass is 370 g/mol. The summed E-state index contributed by atoms with van der Waals surface area (Å²) in [7, 11) is 0. The quantitative estimate of drug-likeness (QED) is 0.687. The van der Waals surface area contributed by atoms with Crippen LogP contribution < -0.4 is 4.74 Å². The van der Waals surface area contributed by atoms with Gasteiger partial charge in [0.1, 0.15) is 11.4 Å². The van der Waals surface area contributed by atoms with E-state index in [1.807, 2.05) is 31.2 Å². The molecule has 1 saturated heterocycles. The minimum Gasteiger partial charge on any atom is -0.493 e. The Kier molecular flexibility index (Phi) is 6.19. The van der Waals surface area contributed by atoms with Crippen LogP contribution in [-0.2, 0) is 9.59 Å². The summed E-state index contributed by atoms with van der Waals surface area (Å²) in [6.45, 7) is 9.00. The molecule has 0 atom stereocenters. The number of rotatable bonds is 7. The number of piperidine rings is 1. The first-order chi connectivity index (χ1) is 13.0. The maximum atomic E-state index is 13.0. The number of carbonyl (C=O) groups excluding carboxylic acids is 2. The van der Waals surface area contributed by atoms with Gasteiger partial charge in [-0.3, -0.25) is 14.5 Å². The Morgan fingerprint density at radius 2 is 1.67 bits per heavy atom. The molecule has 2 aliphatic rings. The van der Waals surface area contributed by atoms with Gasteiger partial charge in [0.25, 0.3) is 11.8 Å². The van der Waals surface area contributed by atoms with Crippen molar-refractivity contribution in [1.82, 2.24) is 9.80 Å². The molecule has 146 valence electrons. The molecular weight excluding hydrogens is 340 g/mol. The van der Waals surface area contributed by atoms with E-state index in [0.717, 1.165) is 43.7 Å². The van der Waals surface area contributed by atoms with Gasteiger partial charge in [-0.2, -0.15) is 0 Å². The molecule has 3 rings (SSSR count). The second kappa shape index (κ2) is 8.59. The third-order valence-electron chi connectivity index (χ3n) is 4.99. The number of imide groups is 1. The normalized spacial score (nSPS) is 18.1. The van der Waals surface area contributed by atoms with Gasteiger partial charge in [-0.05, 0) is 49.3 Å². The lowest BCUT2D eigenvalue weighted by atomic mass is 10.0. The first kappa shape index (κ1) is 19.5. The van der Waals surface area contributed by atoms with Crippen LogP contribution in [0.4, 0.5) is 0 Å². The summed E-state index contributed by atoms with van der Waals surface area (Å²) < 4.78 is 5.75. The van der Waals surface area contributed by atoms with Gasteiger partial charge in [0.15, 0.2) is 0 Å². The van der Waals surface area contributed by atoms with Gasteiger partial charge >= 0.3 is 0 Å². The van der Waals surface area contributed by atoms with E-state index in [0.29, 0.717) is 30.3 Å². The molecule has 1 aromatic rings. The highest BCUT2D eigenvalue weighted by atomic mass is 16.5. The Morgan fingerprint density at radius 1 is 1.00 bits per heavy atom. The van der Waals surface area contributed by atoms with Crippen molar-refractivity contribution in [1.29, 1.82) is 0 Å². The lowest BCUT2D eigenvalue weighted by Gasteiger charge is -2.29. The minimum absolute atomic E-state index is 0.140. The second-order valence-electron chi connectivity index (χ2n) is 7.76. The van der Waals surface area contributed by atoms with Crippen molar-refractivity contribution in [2.24, 2.45) is 5.92 Å². The van der Waals surface area contributed by atoms with E-state index >= 15 is 0 Å². The topological polar surface area (TPSA) is 49.9 Å². The third-order valence-corrected chi connectivity index (χ3v) is 4.99. The Balaban J connectivity index is 1.93. The molecular formula is C22H30N2O3. The number of nitrogens with zero attached hydrogens (tertiary/aromatic N) is 2. The van der Waals surface area contributed by atoms with E-state index in [2.05, 4.69) is 18.7 Å². The zero-order valence-corrected chi connectivity index (χ0v) is 16.7. The third kappa shape index (κ3) is 4.18. The van der Waals surface area contributed by atoms with Crippen LogP contribution in [0.15, 0.2) is 30.0 Å². The number of benzene rings is 1. The number of ether oxygens (including phenoxy) is 1. The molecule has 5 nitrogen and oxygen atoms in total. The van der Waals surface area contributed by atoms with Crippen molar-refractivity contribution in [2.45, 2.75) is 46.5 Å². The lowest BCUT2D eigenvalue weighted by molar-refractivity contribution is -0.137. The van der Waals surface area contributed by atoms with Gasteiger partial charge < -0.3 is 9.64 Å². The van der Waals surface area contributed by atoms with Gasteiger partial charge in [0, 0.05) is 19.6 Å². The van der Waals surface area contributed by atoms with Crippen LogP contribution in [0.2, 0.25) is 0 Å². The molecule has 2 aliphatic heterocycles. The van der Waals surface area contributed by atoms with Gasteiger partial charge in [0.05, 0.1) is 12.2 Å². The highest BCUT2D eigenvalue weighted by molar-refractivity contribution is 6.35. The van der Waals surface area contributed by atoms with Crippen molar-refractivity contribution < 1.29 is 14.3 Å². The predicted molar refractivity (Wildman–Crippen MR) is 106 cm³/mol. The number of hydrogen-bond donors (Lipinski definition) is 0. The summed E-state index contributed by atoms with van der Waals surface area (Å²) in [5.74, 6) is 0.932. The van der Waals surface area contributed by atoms with Crippen LogP contribution in [0.25, 0.3) is 5.57 Å². The van der Waals surface area contributed by atoms with Crippen LogP contribution >= 0.6 is 0 Å². The zero-order valence-electron chi connectivity index (χ0n) is 16.7. The standard InChI is InChI=1S/C22H30N2O3/c1-4-12-24-21(25)19(20(22(24)26)23-13-6-5-7-14-23)17-8-10-18(11-9-17)27-15-16(2)3/h8-11,16H,4-7,12-15H2,1-3H3. The SMILES string of the molecule is CCCN1C(=O)C(c2ccc(OCC(C)C)cc2)=C(N2CCCCC2)C1=O. The maximum absolute atomic E-state index is 13.0. The summed E-state index contributed by atoms with van der Waals surface area (Å²) in [5.41, 5.74) is 1.93. The maximum Gasteiger partial charge on any atom is 0.277 e. The predicted octanol–water partition coefficient (Wildman–Crippen LogP) is 3.70. The lowest BCUT2D eigenvalue weighted by Crippen LogP contribution is -2.37. The molecule has 27 heavy (non-hydrogen) atoms. The molecule has 0 spiro atoms. The van der Waals surface area contributed by atoms with Gasteiger partial charge in [-0.25, -0.2) is 0 Å². The smallest absolute Gasteiger partial charge is 0.277 e. The van der Waals surface area contributed by atoms with Crippen molar-refractivity contribution in [2.75, 3.05) is 26.2 Å². The van der Waals surface area contributed by atoms with Crippen LogP contribution in [-0.4, -0.2) is 47.9 Å². The minimum atomic E-state index is -0.168. The fraction of sp³-hybridized carbons (Fsp3) is 0.545. The zero-order chi connectivity index (χ0) is 19.4. The Bertz CT molecular complexity index is 716. The van der Waals surface area contributed by atoms with E-state index in [4.69, 9.17) is 4.74 Å². The Hall–Kier alpha value is -2.30. The van der Waals surface area contributed by atoms with Crippen molar-refractivity contribution in [3.8, 4) is 5.75 Å². The first-order valence-corrected chi connectivity index (χ1v) is 10.1. The molecule has 2 amide bonds. The fourth-order valence-electron chi connectivity index (χ4n) is 3.64. The highest BCUT2D eigenvalue weighted by Gasteiger charge is 2.41. The Morgan fingerprint density at radius 3 is 2.26 bits per heavy atom. The summed E-state index contributed by atoms with van der Waals surface area (Å²) in [6, 6.07) is 7.57. The van der Waals surface area contributed by atoms with E-state index in [1.165, 1.54) is 11.3 Å².